The van der Waals surface area contributed by atoms with Gasteiger partial charge in [0.15, 0.2) is 0 Å². The molecule has 1 amide bonds. The van der Waals surface area contributed by atoms with Crippen LogP contribution in [0.5, 0.6) is 0 Å². The molecule has 19 heavy (non-hydrogen) atoms. The van der Waals surface area contributed by atoms with Gasteiger partial charge in [0.25, 0.3) is 0 Å². The lowest BCUT2D eigenvalue weighted by Crippen LogP contribution is -2.24. The van der Waals surface area contributed by atoms with Gasteiger partial charge < -0.3 is 11.1 Å². The van der Waals surface area contributed by atoms with Gasteiger partial charge in [-0.05, 0) is 25.1 Å². The number of amides is 1. The normalized spacial score (nSPS) is 11.5. The van der Waals surface area contributed by atoms with E-state index < -0.39 is 0 Å². The largest absolute Gasteiger partial charge is 0.327 e. The Bertz CT molecular complexity index is 527. The zero-order valence-electron chi connectivity index (χ0n) is 10.5. The maximum absolute atomic E-state index is 11.6. The van der Waals surface area contributed by atoms with Crippen LogP contribution in [0, 0.1) is 0 Å². The highest BCUT2D eigenvalue weighted by molar-refractivity contribution is 5.91. The molecule has 0 saturated carbocycles. The Labute approximate surface area is 117 Å². The number of rotatable bonds is 4. The minimum Gasteiger partial charge on any atom is -0.327 e. The van der Waals surface area contributed by atoms with Gasteiger partial charge in [-0.2, -0.15) is 0 Å². The van der Waals surface area contributed by atoms with Crippen molar-refractivity contribution in [2.24, 2.45) is 5.73 Å². The average Bonchev–Trinajstić information content (AvgIpc) is 2.81. The summed E-state index contributed by atoms with van der Waals surface area (Å²) < 4.78 is 1.63. The van der Waals surface area contributed by atoms with Crippen molar-refractivity contribution >= 4 is 24.0 Å². The van der Waals surface area contributed by atoms with E-state index in [1.54, 1.807) is 24.0 Å². The highest BCUT2D eigenvalue weighted by Crippen LogP contribution is 2.13. The van der Waals surface area contributed by atoms with Crippen LogP contribution in [0.1, 0.15) is 13.3 Å². The van der Waals surface area contributed by atoms with Crippen molar-refractivity contribution < 1.29 is 4.79 Å². The van der Waals surface area contributed by atoms with E-state index in [4.69, 9.17) is 5.73 Å². The molecule has 102 valence electrons. The topological polar surface area (TPSA) is 85.8 Å². The summed E-state index contributed by atoms with van der Waals surface area (Å²) in [4.78, 5) is 11.6. The van der Waals surface area contributed by atoms with Crippen LogP contribution in [0.25, 0.3) is 5.69 Å². The third kappa shape index (κ3) is 4.35. The number of carbonyl (C=O) groups is 1. The lowest BCUT2D eigenvalue weighted by molar-refractivity contribution is -0.116. The zero-order chi connectivity index (χ0) is 13.0. The first-order valence-corrected chi connectivity index (χ1v) is 5.67. The monoisotopic (exact) mass is 281 g/mol. The van der Waals surface area contributed by atoms with E-state index in [1.807, 2.05) is 24.3 Å². The number of hydrogen-bond acceptors (Lipinski definition) is 4. The first kappa shape index (κ1) is 15.1. The molecule has 6 nitrogen and oxygen atoms in total. The third-order valence-corrected chi connectivity index (χ3v) is 2.32. The maximum atomic E-state index is 11.6. The molecule has 0 saturated heterocycles. The Morgan fingerprint density at radius 2 is 2.32 bits per heavy atom. The highest BCUT2D eigenvalue weighted by atomic mass is 35.5. The third-order valence-electron chi connectivity index (χ3n) is 2.32. The van der Waals surface area contributed by atoms with Crippen molar-refractivity contribution in [2.45, 2.75) is 19.4 Å². The zero-order valence-corrected chi connectivity index (χ0v) is 11.3. The molecular formula is C12H16ClN5O. The summed E-state index contributed by atoms with van der Waals surface area (Å²) in [7, 11) is 0. The summed E-state index contributed by atoms with van der Waals surface area (Å²) in [5.41, 5.74) is 7.13. The van der Waals surface area contributed by atoms with Gasteiger partial charge in [0.1, 0.15) is 0 Å². The van der Waals surface area contributed by atoms with Crippen molar-refractivity contribution in [3.63, 3.8) is 0 Å². The quantitative estimate of drug-likeness (QED) is 0.886. The van der Waals surface area contributed by atoms with Crippen LogP contribution in [0.3, 0.4) is 0 Å². The summed E-state index contributed by atoms with van der Waals surface area (Å²) in [6.07, 6.45) is 3.64. The fourth-order valence-electron chi connectivity index (χ4n) is 1.58. The lowest BCUT2D eigenvalue weighted by atomic mass is 10.2. The van der Waals surface area contributed by atoms with Gasteiger partial charge in [0.2, 0.25) is 5.91 Å². The van der Waals surface area contributed by atoms with E-state index in [9.17, 15) is 4.79 Å². The lowest BCUT2D eigenvalue weighted by Gasteiger charge is -2.08. The van der Waals surface area contributed by atoms with Crippen molar-refractivity contribution in [1.82, 2.24) is 15.0 Å². The number of halogens is 1. The Hall–Kier alpha value is -1.92. The number of nitrogens with two attached hydrogens (primary N) is 1. The smallest absolute Gasteiger partial charge is 0.225 e. The summed E-state index contributed by atoms with van der Waals surface area (Å²) in [5, 5.41) is 10.4. The second-order valence-corrected chi connectivity index (χ2v) is 4.13. The number of hydrogen-bond donors (Lipinski definition) is 2. The molecule has 2 aromatic rings. The molecule has 0 bridgehead atoms. The predicted molar refractivity (Wildman–Crippen MR) is 75.5 cm³/mol. The van der Waals surface area contributed by atoms with Crippen molar-refractivity contribution in [3.8, 4) is 5.69 Å². The van der Waals surface area contributed by atoms with Crippen molar-refractivity contribution in [2.75, 3.05) is 5.32 Å². The standard InChI is InChI=1S/C12H15N5O.ClH/c1-9(13)7-12(18)15-10-3-2-4-11(8-10)17-6-5-14-16-17;/h2-6,8-9H,7,13H2,1H3,(H,15,18);1H. The van der Waals surface area contributed by atoms with E-state index in [1.165, 1.54) is 0 Å². The van der Waals surface area contributed by atoms with Crippen LogP contribution in [0.2, 0.25) is 0 Å². The number of nitrogens with zero attached hydrogens (tertiary/aromatic N) is 3. The molecule has 3 N–H and O–H groups in total. The minimum absolute atomic E-state index is 0. The Morgan fingerprint density at radius 1 is 1.53 bits per heavy atom. The Morgan fingerprint density at radius 3 is 2.95 bits per heavy atom. The molecule has 1 aromatic heterocycles. The number of carbonyl (C=O) groups excluding carboxylic acids is 1. The maximum Gasteiger partial charge on any atom is 0.225 e. The summed E-state index contributed by atoms with van der Waals surface area (Å²) in [6.45, 7) is 1.80. The van der Waals surface area contributed by atoms with Crippen LogP contribution >= 0.6 is 12.4 Å². The molecule has 2 rings (SSSR count). The molecule has 0 aliphatic heterocycles. The van der Waals surface area contributed by atoms with Crippen LogP contribution in [0.15, 0.2) is 36.7 Å². The molecule has 1 atom stereocenters. The van der Waals surface area contributed by atoms with Gasteiger partial charge in [0, 0.05) is 18.2 Å². The highest BCUT2D eigenvalue weighted by Gasteiger charge is 2.06. The minimum atomic E-state index is -0.150. The number of anilines is 1. The summed E-state index contributed by atoms with van der Waals surface area (Å²) >= 11 is 0. The number of aromatic nitrogens is 3. The van der Waals surface area contributed by atoms with Crippen LogP contribution in [-0.2, 0) is 4.79 Å². The number of benzene rings is 1. The van der Waals surface area contributed by atoms with Crippen molar-refractivity contribution in [3.05, 3.63) is 36.7 Å². The van der Waals surface area contributed by atoms with Gasteiger partial charge in [-0.3, -0.25) is 4.79 Å². The van der Waals surface area contributed by atoms with E-state index in [-0.39, 0.29) is 24.4 Å². The van der Waals surface area contributed by atoms with E-state index >= 15 is 0 Å². The molecule has 0 fully saturated rings. The molecule has 0 aliphatic carbocycles. The fraction of sp³-hybridized carbons (Fsp3) is 0.250. The molecular weight excluding hydrogens is 266 g/mol. The average molecular weight is 282 g/mol. The molecule has 1 heterocycles. The first-order valence-electron chi connectivity index (χ1n) is 5.67. The molecule has 1 aromatic carbocycles. The van der Waals surface area contributed by atoms with Gasteiger partial charge in [-0.15, -0.1) is 17.5 Å². The molecule has 7 heteroatoms. The summed E-state index contributed by atoms with van der Waals surface area (Å²) in [6, 6.07) is 7.23. The first-order chi connectivity index (χ1) is 8.65. The fourth-order valence-corrected chi connectivity index (χ4v) is 1.58. The van der Waals surface area contributed by atoms with Gasteiger partial charge >= 0.3 is 0 Å². The van der Waals surface area contributed by atoms with Gasteiger partial charge in [-0.25, -0.2) is 4.68 Å². The summed E-state index contributed by atoms with van der Waals surface area (Å²) in [5.74, 6) is -0.0965. The number of nitrogens with one attached hydrogen (secondary N) is 1. The van der Waals surface area contributed by atoms with E-state index in [0.717, 1.165) is 5.69 Å². The Balaban J connectivity index is 0.00000180. The van der Waals surface area contributed by atoms with E-state index in [2.05, 4.69) is 15.6 Å². The molecule has 0 spiro atoms. The SMILES string of the molecule is CC(N)CC(=O)Nc1cccc(-n2ccnn2)c1.Cl. The molecule has 0 aliphatic rings. The Kier molecular flexibility index (Phi) is 5.47. The van der Waals surface area contributed by atoms with E-state index in [0.29, 0.717) is 12.1 Å². The second kappa shape index (κ2) is 6.86. The van der Waals surface area contributed by atoms with Crippen LogP contribution in [0.4, 0.5) is 5.69 Å². The second-order valence-electron chi connectivity index (χ2n) is 4.13. The van der Waals surface area contributed by atoms with Gasteiger partial charge in [-0.1, -0.05) is 11.3 Å². The van der Waals surface area contributed by atoms with Crippen LogP contribution in [-0.4, -0.2) is 26.9 Å². The predicted octanol–water partition coefficient (Wildman–Crippen LogP) is 1.36. The van der Waals surface area contributed by atoms with Gasteiger partial charge in [0.05, 0.1) is 18.1 Å². The molecule has 1 unspecified atom stereocenters. The molecule has 0 radical (unpaired) electrons. The van der Waals surface area contributed by atoms with Crippen molar-refractivity contribution in [1.29, 1.82) is 0 Å². The van der Waals surface area contributed by atoms with Crippen LogP contribution < -0.4 is 11.1 Å².